The molecule has 0 saturated carbocycles. The van der Waals surface area contributed by atoms with E-state index in [9.17, 15) is 0 Å². The van der Waals surface area contributed by atoms with E-state index in [-0.39, 0.29) is 6.61 Å². The first-order valence-electron chi connectivity index (χ1n) is 9.59. The maximum Gasteiger partial charge on any atom is 0.254 e. The molecule has 4 rings (SSSR count). The Morgan fingerprint density at radius 1 is 1.32 bits per heavy atom. The maximum absolute atomic E-state index is 5.81. The van der Waals surface area contributed by atoms with E-state index in [2.05, 4.69) is 58.3 Å². The van der Waals surface area contributed by atoms with Gasteiger partial charge in [-0.25, -0.2) is 0 Å². The average Bonchev–Trinajstić information content (AvgIpc) is 3.42. The number of thioether (sulfide) groups is 1. The quantitative estimate of drug-likeness (QED) is 0.625. The van der Waals surface area contributed by atoms with E-state index in [4.69, 9.17) is 9.15 Å². The summed E-state index contributed by atoms with van der Waals surface area (Å²) in [7, 11) is 0. The van der Waals surface area contributed by atoms with Gasteiger partial charge in [0, 0.05) is 29.6 Å². The topological polar surface area (TPSA) is 51.4 Å². The first-order valence-corrected chi connectivity index (χ1v) is 10.9. The Bertz CT molecular complexity index is 872. The minimum Gasteiger partial charge on any atom is -0.484 e. The minimum absolute atomic E-state index is 0.277. The number of hydrogen-bond donors (Lipinski definition) is 0. The van der Waals surface area contributed by atoms with Crippen LogP contribution in [0.3, 0.4) is 0 Å². The number of anilines is 1. The van der Waals surface area contributed by atoms with E-state index in [1.807, 2.05) is 30.0 Å². The number of rotatable bonds is 7. The van der Waals surface area contributed by atoms with Gasteiger partial charge in [-0.15, -0.1) is 16.8 Å². The van der Waals surface area contributed by atoms with Gasteiger partial charge < -0.3 is 14.1 Å². The van der Waals surface area contributed by atoms with Gasteiger partial charge in [0.05, 0.1) is 0 Å². The lowest BCUT2D eigenvalue weighted by atomic mass is 10.1. The Balaban J connectivity index is 1.37. The zero-order chi connectivity index (χ0) is 19.3. The molecule has 1 fully saturated rings. The summed E-state index contributed by atoms with van der Waals surface area (Å²) in [6, 6.07) is 8.29. The molecule has 1 aliphatic carbocycles. The first-order chi connectivity index (χ1) is 13.7. The molecule has 1 aliphatic heterocycles. The molecule has 0 N–H and O–H groups in total. The summed E-state index contributed by atoms with van der Waals surface area (Å²) < 4.78 is 11.6. The van der Waals surface area contributed by atoms with Crippen molar-refractivity contribution in [3.05, 3.63) is 66.8 Å². The highest BCUT2D eigenvalue weighted by Crippen LogP contribution is 2.27. The monoisotopic (exact) mass is 395 g/mol. The highest BCUT2D eigenvalue weighted by molar-refractivity contribution is 7.99. The van der Waals surface area contributed by atoms with Crippen LogP contribution in [-0.4, -0.2) is 34.8 Å². The van der Waals surface area contributed by atoms with Crippen LogP contribution in [-0.2, 0) is 11.3 Å². The van der Waals surface area contributed by atoms with Crippen molar-refractivity contribution < 1.29 is 9.15 Å². The fourth-order valence-corrected chi connectivity index (χ4v) is 4.06. The zero-order valence-electron chi connectivity index (χ0n) is 16.1. The van der Waals surface area contributed by atoms with Gasteiger partial charge in [-0.05, 0) is 61.4 Å². The highest BCUT2D eigenvalue weighted by Gasteiger charge is 2.20. The van der Waals surface area contributed by atoms with E-state index in [1.54, 1.807) is 0 Å². The Morgan fingerprint density at radius 2 is 2.18 bits per heavy atom. The van der Waals surface area contributed by atoms with Crippen LogP contribution in [0.5, 0.6) is 0 Å². The number of benzene rings is 1. The summed E-state index contributed by atoms with van der Waals surface area (Å²) in [5, 5.41) is 8.75. The van der Waals surface area contributed by atoms with Crippen molar-refractivity contribution >= 4 is 17.4 Å². The first kappa shape index (κ1) is 18.9. The molecular weight excluding hydrogens is 370 g/mol. The third-order valence-corrected chi connectivity index (χ3v) is 6.10. The molecule has 0 spiro atoms. The third-order valence-electron chi connectivity index (χ3n) is 5.17. The van der Waals surface area contributed by atoms with Gasteiger partial charge in [-0.1, -0.05) is 12.2 Å². The number of nitrogens with zero attached hydrogens (tertiary/aromatic N) is 3. The third kappa shape index (κ3) is 4.33. The normalized spacial score (nSPS) is 21.6. The van der Waals surface area contributed by atoms with Crippen LogP contribution in [0, 0.1) is 5.92 Å². The van der Waals surface area contributed by atoms with Crippen molar-refractivity contribution in [1.82, 2.24) is 10.2 Å². The summed E-state index contributed by atoms with van der Waals surface area (Å²) in [4.78, 5) is 2.39. The standard InChI is InChI=1S/C22H25N3O2S/c1-3-16-11-12-25(14-16)18-9-7-17(8-10-18)22-24-23-21(27-22)15-26-19-5-4-6-20(13-19)28-2/h3-5,7-10,13,16,20H,1,6,11-12,14-15H2,2H3. The fourth-order valence-electron chi connectivity index (χ4n) is 3.49. The van der Waals surface area contributed by atoms with Crippen molar-refractivity contribution in [3.8, 4) is 11.5 Å². The Hall–Kier alpha value is -2.47. The number of aromatic nitrogens is 2. The number of allylic oxidation sites excluding steroid dienone is 2. The summed E-state index contributed by atoms with van der Waals surface area (Å²) in [5.41, 5.74) is 2.14. The van der Waals surface area contributed by atoms with Crippen LogP contribution in [0.25, 0.3) is 11.5 Å². The van der Waals surface area contributed by atoms with Crippen LogP contribution in [0.2, 0.25) is 0 Å². The highest BCUT2D eigenvalue weighted by atomic mass is 32.2. The molecule has 146 valence electrons. The summed E-state index contributed by atoms with van der Waals surface area (Å²) >= 11 is 1.82. The van der Waals surface area contributed by atoms with Crippen LogP contribution < -0.4 is 4.90 Å². The smallest absolute Gasteiger partial charge is 0.254 e. The van der Waals surface area contributed by atoms with E-state index in [0.717, 1.165) is 30.8 Å². The molecule has 1 saturated heterocycles. The lowest BCUT2D eigenvalue weighted by Gasteiger charge is -2.18. The molecule has 0 bridgehead atoms. The molecule has 2 atom stereocenters. The van der Waals surface area contributed by atoms with E-state index in [0.29, 0.717) is 22.9 Å². The van der Waals surface area contributed by atoms with Crippen LogP contribution in [0.1, 0.15) is 18.7 Å². The SMILES string of the molecule is C=CC1CCN(c2ccc(-c3nnc(COC4=CC(SC)CC=C4)o3)cc2)C1. The molecule has 1 aromatic heterocycles. The predicted molar refractivity (Wildman–Crippen MR) is 114 cm³/mol. The number of hydrogen-bond acceptors (Lipinski definition) is 6. The second-order valence-electron chi connectivity index (χ2n) is 7.05. The van der Waals surface area contributed by atoms with Crippen LogP contribution in [0.15, 0.2) is 65.3 Å². The fraction of sp³-hybridized carbons (Fsp3) is 0.364. The average molecular weight is 396 g/mol. The van der Waals surface area contributed by atoms with Crippen molar-refractivity contribution in [3.63, 3.8) is 0 Å². The molecule has 2 aromatic rings. The molecule has 2 aliphatic rings. The largest absolute Gasteiger partial charge is 0.484 e. The molecule has 5 nitrogen and oxygen atoms in total. The van der Waals surface area contributed by atoms with Gasteiger partial charge in [0.1, 0.15) is 5.76 Å². The van der Waals surface area contributed by atoms with Gasteiger partial charge in [0.15, 0.2) is 6.61 Å². The van der Waals surface area contributed by atoms with Gasteiger partial charge in [-0.2, -0.15) is 11.8 Å². The van der Waals surface area contributed by atoms with Gasteiger partial charge in [0.25, 0.3) is 5.89 Å². The van der Waals surface area contributed by atoms with Gasteiger partial charge in [-0.3, -0.25) is 0 Å². The van der Waals surface area contributed by atoms with Crippen molar-refractivity contribution in [1.29, 1.82) is 0 Å². The summed E-state index contributed by atoms with van der Waals surface area (Å²) in [5.74, 6) is 2.44. The van der Waals surface area contributed by atoms with Crippen LogP contribution >= 0.6 is 11.8 Å². The maximum atomic E-state index is 5.81. The molecular formula is C22H25N3O2S. The van der Waals surface area contributed by atoms with Gasteiger partial charge >= 0.3 is 0 Å². The zero-order valence-corrected chi connectivity index (χ0v) is 16.9. The van der Waals surface area contributed by atoms with Crippen molar-refractivity contribution in [2.75, 3.05) is 24.2 Å². The van der Waals surface area contributed by atoms with E-state index < -0.39 is 0 Å². The second-order valence-corrected chi connectivity index (χ2v) is 8.13. The lowest BCUT2D eigenvalue weighted by Crippen LogP contribution is -2.18. The van der Waals surface area contributed by atoms with Gasteiger partial charge in [0.2, 0.25) is 5.89 Å². The lowest BCUT2D eigenvalue weighted by molar-refractivity contribution is 0.182. The second kappa shape index (κ2) is 8.69. The summed E-state index contributed by atoms with van der Waals surface area (Å²) in [6.07, 6.45) is 12.6. The molecule has 2 unspecified atom stereocenters. The molecule has 6 heteroatoms. The summed E-state index contributed by atoms with van der Waals surface area (Å²) in [6.45, 7) is 6.29. The minimum atomic E-state index is 0.277. The molecule has 1 aromatic carbocycles. The molecule has 28 heavy (non-hydrogen) atoms. The molecule has 2 heterocycles. The van der Waals surface area contributed by atoms with Crippen molar-refractivity contribution in [2.45, 2.75) is 24.7 Å². The number of ether oxygens (including phenoxy) is 1. The molecule has 0 radical (unpaired) electrons. The van der Waals surface area contributed by atoms with Crippen LogP contribution in [0.4, 0.5) is 5.69 Å². The van der Waals surface area contributed by atoms with Crippen molar-refractivity contribution in [2.24, 2.45) is 5.92 Å². The van der Waals surface area contributed by atoms with E-state index >= 15 is 0 Å². The molecule has 0 amide bonds. The van der Waals surface area contributed by atoms with E-state index in [1.165, 1.54) is 12.1 Å². The predicted octanol–water partition coefficient (Wildman–Crippen LogP) is 4.84. The Labute approximate surface area is 170 Å². The Morgan fingerprint density at radius 3 is 2.93 bits per heavy atom. The Kier molecular flexibility index (Phi) is 5.86.